The number of nitrogens with zero attached hydrogens (tertiary/aromatic N) is 3. The van der Waals surface area contributed by atoms with Gasteiger partial charge in [0.1, 0.15) is 17.9 Å². The molecule has 3 heterocycles. The average Bonchev–Trinajstić information content (AvgIpc) is 3.28. The Kier molecular flexibility index (Phi) is 4.50. The number of benzene rings is 3. The summed E-state index contributed by atoms with van der Waals surface area (Å²) in [7, 11) is 1.95. The molecule has 2 N–H and O–H groups in total. The lowest BCUT2D eigenvalue weighted by atomic mass is 9.80. The molecule has 0 radical (unpaired) electrons. The zero-order valence-electron chi connectivity index (χ0n) is 18.0. The number of aromatic nitrogens is 3. The second-order valence-electron chi connectivity index (χ2n) is 8.43. The highest BCUT2D eigenvalue weighted by Crippen LogP contribution is 2.40. The summed E-state index contributed by atoms with van der Waals surface area (Å²) in [5.41, 5.74) is 11.9. The average molecular weight is 453 g/mol. The van der Waals surface area contributed by atoms with Gasteiger partial charge in [-0.15, -0.1) is 0 Å². The van der Waals surface area contributed by atoms with Gasteiger partial charge in [-0.25, -0.2) is 4.98 Å². The van der Waals surface area contributed by atoms with Gasteiger partial charge >= 0.3 is 0 Å². The van der Waals surface area contributed by atoms with Gasteiger partial charge in [-0.2, -0.15) is 0 Å². The van der Waals surface area contributed by atoms with Crippen LogP contribution in [0.3, 0.4) is 0 Å². The first kappa shape index (κ1) is 20.0. The van der Waals surface area contributed by atoms with E-state index in [9.17, 15) is 0 Å². The highest BCUT2D eigenvalue weighted by molar-refractivity contribution is 6.32. The predicted octanol–water partition coefficient (Wildman–Crippen LogP) is 5.43. The number of ether oxygens (including phenoxy) is 1. The van der Waals surface area contributed by atoms with Crippen molar-refractivity contribution in [2.24, 2.45) is 12.8 Å². The molecule has 1 aliphatic heterocycles. The fraction of sp³-hybridized carbons (Fsp3) is 0.111. The van der Waals surface area contributed by atoms with E-state index in [2.05, 4.69) is 35.3 Å². The van der Waals surface area contributed by atoms with Crippen LogP contribution in [0.15, 0.2) is 85.5 Å². The third-order valence-corrected chi connectivity index (χ3v) is 6.74. The van der Waals surface area contributed by atoms with Gasteiger partial charge in [-0.3, -0.25) is 4.98 Å². The zero-order valence-corrected chi connectivity index (χ0v) is 18.8. The molecule has 1 atom stereocenters. The zero-order chi connectivity index (χ0) is 22.6. The van der Waals surface area contributed by atoms with Crippen LogP contribution in [0.2, 0.25) is 5.02 Å². The number of pyridine rings is 1. The van der Waals surface area contributed by atoms with Crippen molar-refractivity contribution in [2.75, 3.05) is 0 Å². The fourth-order valence-corrected chi connectivity index (χ4v) is 4.84. The normalized spacial score (nSPS) is 17.2. The van der Waals surface area contributed by atoms with Crippen molar-refractivity contribution >= 4 is 22.4 Å². The number of hydrogen-bond donors (Lipinski definition) is 1. The molecule has 1 aliphatic rings. The van der Waals surface area contributed by atoms with Crippen LogP contribution in [0.1, 0.15) is 22.4 Å². The Balaban J connectivity index is 1.73. The number of fused-ring (bicyclic) bond motifs is 6. The van der Waals surface area contributed by atoms with Crippen LogP contribution in [0, 0.1) is 0 Å². The van der Waals surface area contributed by atoms with E-state index in [-0.39, 0.29) is 0 Å². The van der Waals surface area contributed by atoms with Crippen molar-refractivity contribution in [3.63, 3.8) is 0 Å². The number of aryl methyl sites for hydroxylation is 1. The molecule has 5 nitrogen and oxygen atoms in total. The number of halogens is 1. The van der Waals surface area contributed by atoms with Crippen LogP contribution in [0.25, 0.3) is 22.0 Å². The topological polar surface area (TPSA) is 66.0 Å². The minimum absolute atomic E-state index is 0.383. The lowest BCUT2D eigenvalue weighted by Crippen LogP contribution is -2.41. The minimum atomic E-state index is -0.984. The summed E-state index contributed by atoms with van der Waals surface area (Å²) in [5.74, 6) is 0.590. The summed E-state index contributed by atoms with van der Waals surface area (Å²) < 4.78 is 8.12. The van der Waals surface area contributed by atoms with E-state index in [4.69, 9.17) is 27.1 Å². The first-order valence-corrected chi connectivity index (χ1v) is 11.1. The lowest BCUT2D eigenvalue weighted by Gasteiger charge is -2.32. The van der Waals surface area contributed by atoms with Crippen molar-refractivity contribution in [1.29, 1.82) is 0 Å². The molecular formula is C27H21ClN4O. The maximum absolute atomic E-state index is 7.31. The Hall–Kier alpha value is -3.67. The van der Waals surface area contributed by atoms with E-state index >= 15 is 0 Å². The Morgan fingerprint density at radius 3 is 2.73 bits per heavy atom. The van der Waals surface area contributed by atoms with E-state index in [0.29, 0.717) is 17.4 Å². The Morgan fingerprint density at radius 1 is 1.03 bits per heavy atom. The molecular weight excluding hydrogens is 432 g/mol. The molecule has 0 saturated heterocycles. The Morgan fingerprint density at radius 2 is 1.88 bits per heavy atom. The maximum Gasteiger partial charge on any atom is 0.138 e. The third kappa shape index (κ3) is 3.12. The molecule has 0 amide bonds. The van der Waals surface area contributed by atoms with Crippen LogP contribution < -0.4 is 10.5 Å². The van der Waals surface area contributed by atoms with E-state index in [1.165, 1.54) is 0 Å². The molecule has 2 aromatic heterocycles. The van der Waals surface area contributed by atoms with Crippen LogP contribution in [-0.4, -0.2) is 14.5 Å². The van der Waals surface area contributed by atoms with Gasteiger partial charge in [-0.1, -0.05) is 48.0 Å². The van der Waals surface area contributed by atoms with Crippen molar-refractivity contribution in [3.05, 3.63) is 113 Å². The van der Waals surface area contributed by atoms with Crippen molar-refractivity contribution in [2.45, 2.75) is 12.1 Å². The molecule has 6 heteroatoms. The second-order valence-corrected chi connectivity index (χ2v) is 8.83. The van der Waals surface area contributed by atoms with Crippen molar-refractivity contribution in [3.8, 4) is 17.0 Å². The molecule has 6 bridgehead atoms. The second kappa shape index (κ2) is 7.44. The molecule has 3 aromatic carbocycles. The van der Waals surface area contributed by atoms with Crippen molar-refractivity contribution in [1.82, 2.24) is 14.5 Å². The molecule has 0 saturated carbocycles. The standard InChI is InChI=1S/C27H21ClN4O/c1-32-16-30-14-25(32)27(29)20-6-5-18-9-10-31-26(22(18)12-20)19-4-2-3-17(11-19)15-33-24-13-21(27)7-8-23(24)28/h2-14,16H,15,29H2,1H3. The quantitative estimate of drug-likeness (QED) is 0.368. The summed E-state index contributed by atoms with van der Waals surface area (Å²) in [4.78, 5) is 9.10. The maximum atomic E-state index is 7.31. The van der Waals surface area contributed by atoms with Gasteiger partial charge in [0.25, 0.3) is 0 Å². The lowest BCUT2D eigenvalue weighted by molar-refractivity contribution is 0.305. The Bertz CT molecular complexity index is 1530. The molecule has 0 spiro atoms. The summed E-state index contributed by atoms with van der Waals surface area (Å²) in [6.07, 6.45) is 5.42. The minimum Gasteiger partial charge on any atom is -0.487 e. The van der Waals surface area contributed by atoms with Crippen LogP contribution in [0.5, 0.6) is 5.75 Å². The van der Waals surface area contributed by atoms with E-state index < -0.39 is 5.54 Å². The number of hydrogen-bond acceptors (Lipinski definition) is 4. The summed E-state index contributed by atoms with van der Waals surface area (Å²) in [5, 5.41) is 2.68. The van der Waals surface area contributed by atoms with E-state index in [1.807, 2.05) is 60.4 Å². The smallest absolute Gasteiger partial charge is 0.138 e. The summed E-state index contributed by atoms with van der Waals surface area (Å²) in [6.45, 7) is 0.383. The molecule has 1 unspecified atom stereocenters. The highest BCUT2D eigenvalue weighted by atomic mass is 35.5. The molecule has 162 valence electrons. The highest BCUT2D eigenvalue weighted by Gasteiger charge is 2.36. The number of rotatable bonds is 1. The van der Waals surface area contributed by atoms with Crippen LogP contribution in [-0.2, 0) is 19.2 Å². The molecule has 33 heavy (non-hydrogen) atoms. The fourth-order valence-electron chi connectivity index (χ4n) is 4.67. The Labute approximate surface area is 196 Å². The predicted molar refractivity (Wildman–Crippen MR) is 130 cm³/mol. The van der Waals surface area contributed by atoms with Gasteiger partial charge in [0, 0.05) is 24.2 Å². The number of nitrogens with two attached hydrogens (primary N) is 1. The monoisotopic (exact) mass is 452 g/mol. The molecule has 0 aliphatic carbocycles. The largest absolute Gasteiger partial charge is 0.487 e. The first-order valence-electron chi connectivity index (χ1n) is 10.7. The van der Waals surface area contributed by atoms with Crippen LogP contribution >= 0.6 is 11.6 Å². The third-order valence-electron chi connectivity index (χ3n) is 6.42. The van der Waals surface area contributed by atoms with Gasteiger partial charge in [0.05, 0.1) is 28.9 Å². The van der Waals surface area contributed by atoms with Gasteiger partial charge in [0.2, 0.25) is 0 Å². The van der Waals surface area contributed by atoms with Gasteiger partial charge in [-0.05, 0) is 52.4 Å². The van der Waals surface area contributed by atoms with Crippen molar-refractivity contribution < 1.29 is 4.74 Å². The molecule has 6 rings (SSSR count). The van der Waals surface area contributed by atoms with E-state index in [0.717, 1.165) is 44.4 Å². The molecule has 0 fully saturated rings. The molecule has 5 aromatic rings. The van der Waals surface area contributed by atoms with Gasteiger partial charge < -0.3 is 15.0 Å². The van der Waals surface area contributed by atoms with Crippen LogP contribution in [0.4, 0.5) is 0 Å². The van der Waals surface area contributed by atoms with E-state index in [1.54, 1.807) is 6.33 Å². The summed E-state index contributed by atoms with van der Waals surface area (Å²) in [6, 6.07) is 22.3. The number of imidazole rings is 1. The van der Waals surface area contributed by atoms with Gasteiger partial charge in [0.15, 0.2) is 0 Å². The summed E-state index contributed by atoms with van der Waals surface area (Å²) >= 11 is 6.52. The first-order chi connectivity index (χ1) is 16.0. The SMILES string of the molecule is Cn1cncc1C1(N)c2ccc(Cl)c(c2)OCc2cccc(c2)-c2nccc3ccc1cc23.